The van der Waals surface area contributed by atoms with E-state index in [4.69, 9.17) is 14.7 Å². The number of amides is 5. The molecule has 5 amide bonds. The van der Waals surface area contributed by atoms with Gasteiger partial charge in [0.25, 0.3) is 5.91 Å². The number of aromatic nitrogens is 3. The van der Waals surface area contributed by atoms with Crippen LogP contribution in [0.25, 0.3) is 33.4 Å². The van der Waals surface area contributed by atoms with Crippen LogP contribution < -0.4 is 16.1 Å². The second kappa shape index (κ2) is 19.7. The van der Waals surface area contributed by atoms with E-state index in [1.165, 1.54) is 21.2 Å². The molecule has 4 aliphatic heterocycles. The number of hydrazine groups is 1. The molecule has 3 aromatic heterocycles. The van der Waals surface area contributed by atoms with Crippen molar-refractivity contribution in [3.63, 3.8) is 0 Å². The molecule has 8 rings (SSSR count). The van der Waals surface area contributed by atoms with Crippen LogP contribution in [0.3, 0.4) is 0 Å². The number of rotatable bonds is 9. The van der Waals surface area contributed by atoms with Crippen molar-refractivity contribution in [2.75, 3.05) is 46.9 Å². The van der Waals surface area contributed by atoms with Crippen LogP contribution in [0.1, 0.15) is 96.3 Å². The molecule has 0 radical (unpaired) electrons. The van der Waals surface area contributed by atoms with Crippen LogP contribution in [0.5, 0.6) is 0 Å². The number of pyridine rings is 1. The second-order valence-corrected chi connectivity index (χ2v) is 21.2. The lowest BCUT2D eigenvalue weighted by molar-refractivity contribution is -0.155. The molecular formula is C50H68N10O6S. The average Bonchev–Trinajstić information content (AvgIpc) is 3.99. The predicted molar refractivity (Wildman–Crippen MR) is 259 cm³/mol. The summed E-state index contributed by atoms with van der Waals surface area (Å²) in [7, 11) is 3.42. The highest BCUT2D eigenvalue weighted by molar-refractivity contribution is 7.10. The molecule has 6 bridgehead atoms. The van der Waals surface area contributed by atoms with Gasteiger partial charge in [0.05, 0.1) is 34.7 Å². The van der Waals surface area contributed by atoms with Crippen LogP contribution in [-0.4, -0.2) is 141 Å². The van der Waals surface area contributed by atoms with E-state index in [0.717, 1.165) is 64.1 Å². The van der Waals surface area contributed by atoms with Crippen LogP contribution in [0, 0.1) is 11.3 Å². The van der Waals surface area contributed by atoms with E-state index in [9.17, 15) is 24.0 Å². The van der Waals surface area contributed by atoms with E-state index >= 15 is 0 Å². The van der Waals surface area contributed by atoms with Gasteiger partial charge in [0.2, 0.25) is 11.8 Å². The Bertz CT molecular complexity index is 2510. The van der Waals surface area contributed by atoms with E-state index in [0.29, 0.717) is 50.4 Å². The minimum atomic E-state index is -1.07. The number of ether oxygens (including phenoxy) is 1. The first kappa shape index (κ1) is 48.1. The number of likely N-dealkylation sites (N-methyl/N-ethyl adjacent to an activating group) is 2. The third-order valence-electron chi connectivity index (χ3n) is 13.9. The maximum Gasteiger partial charge on any atom is 0.324 e. The van der Waals surface area contributed by atoms with E-state index in [-0.39, 0.29) is 48.9 Å². The fourth-order valence-corrected chi connectivity index (χ4v) is 11.1. The van der Waals surface area contributed by atoms with Crippen LogP contribution in [0.4, 0.5) is 4.79 Å². The first-order chi connectivity index (χ1) is 32.0. The topological polar surface area (TPSA) is 184 Å². The molecule has 16 nitrogen and oxygen atoms in total. The van der Waals surface area contributed by atoms with Crippen LogP contribution in [-0.2, 0) is 43.3 Å². The molecule has 0 saturated carbocycles. The molecule has 3 N–H and O–H groups in total. The number of thiazole rings is 1. The smallest absolute Gasteiger partial charge is 0.324 e. The predicted octanol–water partition coefficient (Wildman–Crippen LogP) is 5.59. The number of fused-ring (bicyclic) bond motifs is 6. The zero-order valence-corrected chi connectivity index (χ0v) is 41.4. The number of hydrogen-bond acceptors (Lipinski definition) is 11. The molecule has 4 aromatic rings. The van der Waals surface area contributed by atoms with Crippen molar-refractivity contribution in [3.8, 4) is 22.5 Å². The number of benzene rings is 1. The Balaban J connectivity index is 1.12. The van der Waals surface area contributed by atoms with Gasteiger partial charge < -0.3 is 34.6 Å². The summed E-state index contributed by atoms with van der Waals surface area (Å²) < 4.78 is 8.49. The molecule has 4 aliphatic rings. The van der Waals surface area contributed by atoms with Gasteiger partial charge in [-0.2, -0.15) is 0 Å². The Morgan fingerprint density at radius 1 is 1.06 bits per heavy atom. The maximum atomic E-state index is 14.7. The lowest BCUT2D eigenvalue weighted by Crippen LogP contribution is -2.63. The number of hydrogen-bond donors (Lipinski definition) is 3. The average molecular weight is 937 g/mol. The molecular weight excluding hydrogens is 869 g/mol. The zero-order chi connectivity index (χ0) is 47.9. The van der Waals surface area contributed by atoms with E-state index in [1.54, 1.807) is 23.9 Å². The zero-order valence-electron chi connectivity index (χ0n) is 40.6. The monoisotopic (exact) mass is 937 g/mol. The Hall–Kier alpha value is -5.39. The summed E-state index contributed by atoms with van der Waals surface area (Å²) in [5.41, 5.74) is 9.82. The number of piperidine rings is 1. The first-order valence-corrected chi connectivity index (χ1v) is 25.0. The van der Waals surface area contributed by atoms with Crippen molar-refractivity contribution < 1.29 is 28.7 Å². The van der Waals surface area contributed by atoms with E-state index < -0.39 is 41.3 Å². The molecule has 0 spiro atoms. The third kappa shape index (κ3) is 10.1. The minimum Gasteiger partial charge on any atom is -0.464 e. The van der Waals surface area contributed by atoms with E-state index in [2.05, 4.69) is 79.5 Å². The van der Waals surface area contributed by atoms with Gasteiger partial charge in [0, 0.05) is 98.3 Å². The number of urea groups is 1. The van der Waals surface area contributed by atoms with Crippen LogP contribution in [0.2, 0.25) is 0 Å². The summed E-state index contributed by atoms with van der Waals surface area (Å²) in [4.78, 5) is 85.2. The number of aryl methyl sites for hydroxylation is 1. The molecule has 3 saturated heterocycles. The molecule has 0 unspecified atom stereocenters. The van der Waals surface area contributed by atoms with Crippen molar-refractivity contribution in [1.82, 2.24) is 50.3 Å². The summed E-state index contributed by atoms with van der Waals surface area (Å²) in [5.74, 6) is -1.41. The van der Waals surface area contributed by atoms with Crippen LogP contribution in [0.15, 0.2) is 41.9 Å². The first-order valence-electron chi connectivity index (χ1n) is 24.1. The van der Waals surface area contributed by atoms with Crippen LogP contribution >= 0.6 is 11.3 Å². The van der Waals surface area contributed by atoms with Crippen molar-refractivity contribution in [2.24, 2.45) is 11.3 Å². The number of carbonyl (C=O) groups is 5. The molecule has 5 atom stereocenters. The van der Waals surface area contributed by atoms with Crippen molar-refractivity contribution in [3.05, 3.63) is 58.2 Å². The molecule has 1 aromatic carbocycles. The largest absolute Gasteiger partial charge is 0.464 e. The Morgan fingerprint density at radius 2 is 1.82 bits per heavy atom. The van der Waals surface area contributed by atoms with Gasteiger partial charge in [-0.3, -0.25) is 29.2 Å². The van der Waals surface area contributed by atoms with Crippen molar-refractivity contribution in [1.29, 1.82) is 0 Å². The highest BCUT2D eigenvalue weighted by Gasteiger charge is 2.41. The van der Waals surface area contributed by atoms with Crippen molar-refractivity contribution in [2.45, 2.75) is 130 Å². The fourth-order valence-electron chi connectivity index (χ4n) is 10.2. The molecule has 17 heteroatoms. The SMILES string of the molecule is CCn1c(-c2cccnc2C(C)C)c2c3cc(ccc31)-c1csc(n1)C[C@H](NC(=O)[C@H](C(C)C)N(C)C(=O)N1CCC[C@H](N(C)C(=O)[C@@H]3CN3)C1)C(=O)N1CCC[C@H](N1)C(=O)OCC(C)(C)C2. The maximum absolute atomic E-state index is 14.7. The number of cyclic esters (lactones) is 1. The highest BCUT2D eigenvalue weighted by atomic mass is 32.1. The summed E-state index contributed by atoms with van der Waals surface area (Å²) in [6, 6.07) is 7.23. The molecule has 360 valence electrons. The summed E-state index contributed by atoms with van der Waals surface area (Å²) >= 11 is 1.42. The molecule has 67 heavy (non-hydrogen) atoms. The Kier molecular flexibility index (Phi) is 14.1. The Morgan fingerprint density at radius 3 is 2.54 bits per heavy atom. The van der Waals surface area contributed by atoms with Gasteiger partial charge in [0.15, 0.2) is 0 Å². The number of likely N-dealkylation sites (tertiary alicyclic amines) is 1. The van der Waals surface area contributed by atoms with Gasteiger partial charge in [-0.1, -0.05) is 47.6 Å². The molecule has 7 heterocycles. The lowest BCUT2D eigenvalue weighted by atomic mass is 9.84. The van der Waals surface area contributed by atoms with Gasteiger partial charge in [-0.25, -0.2) is 15.2 Å². The quantitative estimate of drug-likeness (QED) is 0.141. The molecule has 3 fully saturated rings. The fraction of sp³-hybridized carbons (Fsp3) is 0.580. The summed E-state index contributed by atoms with van der Waals surface area (Å²) in [6.45, 7) is 17.2. The summed E-state index contributed by atoms with van der Waals surface area (Å²) in [5, 5.41) is 11.3. The van der Waals surface area contributed by atoms with Gasteiger partial charge in [-0.15, -0.1) is 11.3 Å². The van der Waals surface area contributed by atoms with Gasteiger partial charge in [0.1, 0.15) is 18.1 Å². The van der Waals surface area contributed by atoms with Crippen molar-refractivity contribution >= 4 is 52.0 Å². The number of nitrogens with one attached hydrogen (secondary N) is 3. The summed E-state index contributed by atoms with van der Waals surface area (Å²) in [6.07, 6.45) is 5.10. The number of carbonyl (C=O) groups excluding carboxylic acids is 5. The highest BCUT2D eigenvalue weighted by Crippen LogP contribution is 2.42. The molecule has 0 aliphatic carbocycles. The van der Waals surface area contributed by atoms with E-state index in [1.807, 2.05) is 31.5 Å². The normalized spacial score (nSPS) is 22.6. The number of esters is 1. The standard InChI is InChI=1S/C50H68N10O6S/c1-10-59-40-18-17-31-22-34(40)35(44(59)33-15-11-19-51-42(33)29(2)3)24-50(6,7)28-66-48(64)36-16-13-21-60(55-36)47(63)37(23-41-53-39(31)27-67-41)54-45(61)43(30(4)5)57(9)49(65)58-20-12-14-32(26-58)56(8)46(62)38-25-52-38/h11,15,17-19,22,27,29-30,32,36-38,43,52,55H,10,12-14,16,20-21,23-26,28H2,1-9H3,(H,54,61)/t32-,36-,37-,38-,43-/m0/s1. The van der Waals surface area contributed by atoms with Gasteiger partial charge >= 0.3 is 12.0 Å². The number of nitrogens with zero attached hydrogens (tertiary/aromatic N) is 7. The third-order valence-corrected chi connectivity index (χ3v) is 14.7. The van der Waals surface area contributed by atoms with Gasteiger partial charge in [-0.05, 0) is 80.7 Å². The minimum absolute atomic E-state index is 0.0251. The Labute approximate surface area is 398 Å². The second-order valence-electron chi connectivity index (χ2n) is 20.3. The lowest BCUT2D eigenvalue weighted by Gasteiger charge is -2.41.